The lowest BCUT2D eigenvalue weighted by Gasteiger charge is -2.18. The zero-order valence-corrected chi connectivity index (χ0v) is 15.6. The summed E-state index contributed by atoms with van der Waals surface area (Å²) in [5.74, 6) is -2.87. The lowest BCUT2D eigenvalue weighted by atomic mass is 9.97. The van der Waals surface area contributed by atoms with Crippen molar-refractivity contribution < 1.29 is 17.6 Å². The van der Waals surface area contributed by atoms with Gasteiger partial charge in [0.05, 0.1) is 16.0 Å². The van der Waals surface area contributed by atoms with E-state index in [0.29, 0.717) is 5.56 Å². The van der Waals surface area contributed by atoms with Crippen molar-refractivity contribution in [2.45, 2.75) is 23.9 Å². The molecule has 0 amide bonds. The SMILES string of the molecule is CSc1cc(/C=C/C(c2cc(Cl)c(F)c(Cl)c2)C(F)(F)F)ccc1C. The van der Waals surface area contributed by atoms with Crippen molar-refractivity contribution in [3.8, 4) is 0 Å². The van der Waals surface area contributed by atoms with Gasteiger partial charge in [0.15, 0.2) is 5.82 Å². The number of hydrogen-bond donors (Lipinski definition) is 0. The summed E-state index contributed by atoms with van der Waals surface area (Å²) in [6.45, 7) is 1.93. The second kappa shape index (κ2) is 8.02. The maximum atomic E-state index is 13.5. The van der Waals surface area contributed by atoms with E-state index in [1.165, 1.54) is 17.8 Å². The molecule has 0 saturated carbocycles. The third-order valence-electron chi connectivity index (χ3n) is 3.63. The molecular weight excluding hydrogens is 395 g/mol. The van der Waals surface area contributed by atoms with Crippen LogP contribution >= 0.6 is 35.0 Å². The molecule has 0 aliphatic rings. The Bertz CT molecular complexity index is 777. The monoisotopic (exact) mass is 408 g/mol. The number of halogens is 6. The second-order valence-corrected chi connectivity index (χ2v) is 7.07. The van der Waals surface area contributed by atoms with Gasteiger partial charge in [0.25, 0.3) is 0 Å². The maximum absolute atomic E-state index is 13.5. The average molecular weight is 409 g/mol. The number of aryl methyl sites for hydroxylation is 1. The van der Waals surface area contributed by atoms with Gasteiger partial charge in [-0.3, -0.25) is 0 Å². The van der Waals surface area contributed by atoms with E-state index in [0.717, 1.165) is 28.7 Å². The van der Waals surface area contributed by atoms with Gasteiger partial charge in [0.1, 0.15) is 0 Å². The molecule has 0 aliphatic heterocycles. The molecule has 0 heterocycles. The average Bonchev–Trinajstić information content (AvgIpc) is 2.52. The number of hydrogen-bond acceptors (Lipinski definition) is 1. The number of benzene rings is 2. The fourth-order valence-corrected chi connectivity index (χ4v) is 3.46. The zero-order valence-electron chi connectivity index (χ0n) is 13.3. The van der Waals surface area contributed by atoms with Crippen molar-refractivity contribution in [2.24, 2.45) is 0 Å². The number of alkyl halides is 3. The first kappa shape index (κ1) is 20.1. The molecule has 25 heavy (non-hydrogen) atoms. The van der Waals surface area contributed by atoms with Crippen LogP contribution in [0.1, 0.15) is 22.6 Å². The van der Waals surface area contributed by atoms with Gasteiger partial charge in [0.2, 0.25) is 0 Å². The first-order chi connectivity index (χ1) is 11.6. The largest absolute Gasteiger partial charge is 0.399 e. The molecule has 0 N–H and O–H groups in total. The van der Waals surface area contributed by atoms with Gasteiger partial charge >= 0.3 is 6.18 Å². The van der Waals surface area contributed by atoms with Crippen molar-refractivity contribution in [2.75, 3.05) is 6.26 Å². The van der Waals surface area contributed by atoms with Gasteiger partial charge in [-0.25, -0.2) is 4.39 Å². The maximum Gasteiger partial charge on any atom is 0.399 e. The van der Waals surface area contributed by atoms with Crippen LogP contribution in [0, 0.1) is 12.7 Å². The molecule has 134 valence electrons. The first-order valence-corrected chi connectivity index (χ1v) is 9.15. The topological polar surface area (TPSA) is 0 Å². The van der Waals surface area contributed by atoms with E-state index in [1.54, 1.807) is 6.07 Å². The Labute approximate surface area is 157 Å². The molecule has 0 spiro atoms. The Morgan fingerprint density at radius 1 is 1.08 bits per heavy atom. The summed E-state index contributed by atoms with van der Waals surface area (Å²) in [6, 6.07) is 7.30. The van der Waals surface area contributed by atoms with Crippen LogP contribution < -0.4 is 0 Å². The molecular formula is C18H14Cl2F4S. The normalized spacial score (nSPS) is 13.4. The van der Waals surface area contributed by atoms with Gasteiger partial charge < -0.3 is 0 Å². The van der Waals surface area contributed by atoms with Gasteiger partial charge in [-0.2, -0.15) is 13.2 Å². The Balaban J connectivity index is 2.43. The molecule has 0 aliphatic carbocycles. The van der Waals surface area contributed by atoms with Gasteiger partial charge in [-0.05, 0) is 48.1 Å². The van der Waals surface area contributed by atoms with Crippen LogP contribution in [0.25, 0.3) is 6.08 Å². The summed E-state index contributed by atoms with van der Waals surface area (Å²) in [4.78, 5) is 0.985. The fraction of sp³-hybridized carbons (Fsp3) is 0.222. The molecule has 0 fully saturated rings. The number of thioether (sulfide) groups is 1. The van der Waals surface area contributed by atoms with Gasteiger partial charge in [-0.15, -0.1) is 11.8 Å². The number of allylic oxidation sites excluding steroid dienone is 1. The van der Waals surface area contributed by atoms with Crippen LogP contribution in [0.15, 0.2) is 41.3 Å². The van der Waals surface area contributed by atoms with Crippen LogP contribution in [0.3, 0.4) is 0 Å². The summed E-state index contributed by atoms with van der Waals surface area (Å²) in [7, 11) is 0. The Kier molecular flexibility index (Phi) is 6.46. The van der Waals surface area contributed by atoms with Crippen LogP contribution in [0.5, 0.6) is 0 Å². The second-order valence-electron chi connectivity index (χ2n) is 5.41. The number of rotatable bonds is 4. The quantitative estimate of drug-likeness (QED) is 0.286. The van der Waals surface area contributed by atoms with E-state index in [1.807, 2.05) is 25.3 Å². The van der Waals surface area contributed by atoms with E-state index >= 15 is 0 Å². The molecule has 0 radical (unpaired) electrons. The highest BCUT2D eigenvalue weighted by Gasteiger charge is 2.39. The molecule has 7 heteroatoms. The minimum atomic E-state index is -4.56. The molecule has 1 unspecified atom stereocenters. The van der Waals surface area contributed by atoms with Crippen molar-refractivity contribution in [1.29, 1.82) is 0 Å². The lowest BCUT2D eigenvalue weighted by molar-refractivity contribution is -0.139. The zero-order chi connectivity index (χ0) is 18.8. The molecule has 0 saturated heterocycles. The lowest BCUT2D eigenvalue weighted by Crippen LogP contribution is -2.19. The van der Waals surface area contributed by atoms with E-state index < -0.39 is 28.0 Å². The predicted octanol–water partition coefficient (Wildman–Crippen LogP) is 7.52. The Morgan fingerprint density at radius 2 is 1.68 bits per heavy atom. The van der Waals surface area contributed by atoms with Crippen molar-refractivity contribution >= 4 is 41.0 Å². The van der Waals surface area contributed by atoms with E-state index in [2.05, 4.69) is 0 Å². The third kappa shape index (κ3) is 4.93. The third-order valence-corrected chi connectivity index (χ3v) is 5.06. The Hall–Kier alpha value is -1.17. The molecule has 0 nitrogen and oxygen atoms in total. The summed E-state index contributed by atoms with van der Waals surface area (Å²) in [5.41, 5.74) is 1.48. The van der Waals surface area contributed by atoms with Crippen LogP contribution in [0.2, 0.25) is 10.0 Å². The first-order valence-electron chi connectivity index (χ1n) is 7.17. The highest BCUT2D eigenvalue weighted by Crippen LogP contribution is 2.39. The van der Waals surface area contributed by atoms with Crippen molar-refractivity contribution in [3.05, 3.63) is 69.0 Å². The highest BCUT2D eigenvalue weighted by molar-refractivity contribution is 7.98. The van der Waals surface area contributed by atoms with Crippen LogP contribution in [-0.4, -0.2) is 12.4 Å². The van der Waals surface area contributed by atoms with Crippen LogP contribution in [0.4, 0.5) is 17.6 Å². The summed E-state index contributed by atoms with van der Waals surface area (Å²) >= 11 is 12.8. The standard InChI is InChI=1S/C18H14Cl2F4S/c1-10-3-4-11(7-16(10)25-2)5-6-13(18(22,23)24)12-8-14(19)17(21)15(20)9-12/h3-9,13H,1-2H3/b6-5+. The fourth-order valence-electron chi connectivity index (χ4n) is 2.31. The molecule has 0 aromatic heterocycles. The summed E-state index contributed by atoms with van der Waals surface area (Å²) < 4.78 is 53.8. The molecule has 1 atom stereocenters. The minimum absolute atomic E-state index is 0.211. The van der Waals surface area contributed by atoms with E-state index in [9.17, 15) is 17.6 Å². The van der Waals surface area contributed by atoms with Crippen molar-refractivity contribution in [1.82, 2.24) is 0 Å². The predicted molar refractivity (Wildman–Crippen MR) is 97.2 cm³/mol. The molecule has 2 aromatic carbocycles. The van der Waals surface area contributed by atoms with Crippen LogP contribution in [-0.2, 0) is 0 Å². The Morgan fingerprint density at radius 3 is 2.20 bits per heavy atom. The van der Waals surface area contributed by atoms with Crippen molar-refractivity contribution in [3.63, 3.8) is 0 Å². The smallest absolute Gasteiger partial charge is 0.204 e. The van der Waals surface area contributed by atoms with E-state index in [4.69, 9.17) is 23.2 Å². The summed E-state index contributed by atoms with van der Waals surface area (Å²) in [5, 5.41) is -0.879. The van der Waals surface area contributed by atoms with Gasteiger partial charge in [-0.1, -0.05) is 47.5 Å². The molecule has 2 rings (SSSR count). The van der Waals surface area contributed by atoms with E-state index in [-0.39, 0.29) is 5.56 Å². The summed E-state index contributed by atoms with van der Waals surface area (Å²) in [6.07, 6.45) is -0.248. The minimum Gasteiger partial charge on any atom is -0.204 e. The molecule has 2 aromatic rings. The van der Waals surface area contributed by atoms with Gasteiger partial charge in [0, 0.05) is 4.90 Å². The molecule has 0 bridgehead atoms. The highest BCUT2D eigenvalue weighted by atomic mass is 35.5.